The zero-order valence-corrected chi connectivity index (χ0v) is 22.6. The number of ketones is 4. The van der Waals surface area contributed by atoms with E-state index >= 15 is 4.39 Å². The summed E-state index contributed by atoms with van der Waals surface area (Å²) in [6.07, 6.45) is 2.57. The smallest absolute Gasteiger partial charge is 0.243 e. The third kappa shape index (κ3) is 4.34. The highest BCUT2D eigenvalue weighted by Gasteiger charge is 2.69. The first-order valence-electron chi connectivity index (χ1n) is 13.1. The lowest BCUT2D eigenvalue weighted by atomic mass is 9.52. The van der Waals surface area contributed by atoms with Gasteiger partial charge in [-0.1, -0.05) is 0 Å². The summed E-state index contributed by atoms with van der Waals surface area (Å²) in [5, 5.41) is 27.7. The van der Waals surface area contributed by atoms with Gasteiger partial charge in [0.2, 0.25) is 11.8 Å². The third-order valence-electron chi connectivity index (χ3n) is 8.40. The largest absolute Gasteiger partial charge is 0.505 e. The standard InChI is InChI=1S/C28H28FN5O8/c1-34(2)21-14-7-11-6-13-15(29)8-16(33-17(35)10-32-12-4-3-5-31-9-12)22(36)19(13)23(37)18(11)25(39)28(14,42)26(40)20(24(21)38)27(30)41/h3-5,8-9,11,14,18,20-21,32,36,42H,6-7,10H2,1-2H3,(H2,30,41)(H,33,35)/t11-,14-,18?,20?,21-,28-/m0/s1. The van der Waals surface area contributed by atoms with Crippen LogP contribution in [0, 0.1) is 29.5 Å². The number of halogens is 1. The fraction of sp³-hybridized carbons (Fsp3) is 0.393. The summed E-state index contributed by atoms with van der Waals surface area (Å²) in [5.74, 6) is -14.3. The SMILES string of the molecule is CN(C)[C@@H]1C(=O)C(C(N)=O)C(=O)[C@@]2(O)C(=O)C3C(=O)c4c(O)c(NC(=O)CNc5cccnc5)cc(F)c4C[C@H]3C[C@@H]12. The molecule has 2 aromatic rings. The molecule has 1 heterocycles. The lowest BCUT2D eigenvalue weighted by Gasteiger charge is -2.52. The molecule has 3 aliphatic rings. The topological polar surface area (TPSA) is 209 Å². The molecule has 0 spiro atoms. The number of likely N-dealkylation sites (N-methyl/N-ethyl adjacent to an activating group) is 1. The Kier molecular flexibility index (Phi) is 7.15. The third-order valence-corrected chi connectivity index (χ3v) is 8.40. The van der Waals surface area contributed by atoms with Gasteiger partial charge in [-0.15, -0.1) is 0 Å². The van der Waals surface area contributed by atoms with Crippen molar-refractivity contribution < 1.29 is 43.4 Å². The molecule has 220 valence electrons. The Balaban J connectivity index is 1.49. The lowest BCUT2D eigenvalue weighted by molar-refractivity contribution is -0.181. The van der Waals surface area contributed by atoms with Gasteiger partial charge in [0.15, 0.2) is 34.7 Å². The summed E-state index contributed by atoms with van der Waals surface area (Å²) in [7, 11) is 2.93. The number of rotatable bonds is 6. The Labute approximate surface area is 238 Å². The fourth-order valence-electron chi connectivity index (χ4n) is 6.57. The number of pyridine rings is 1. The van der Waals surface area contributed by atoms with Crippen LogP contribution in [0.4, 0.5) is 15.8 Å². The highest BCUT2D eigenvalue weighted by molar-refractivity contribution is 6.32. The molecule has 42 heavy (non-hydrogen) atoms. The Bertz CT molecular complexity index is 1550. The number of primary amides is 1. The number of carbonyl (C=O) groups excluding carboxylic acids is 6. The van der Waals surface area contributed by atoms with Crippen LogP contribution in [0.1, 0.15) is 22.3 Å². The molecule has 2 fully saturated rings. The second-order valence-electron chi connectivity index (χ2n) is 11.0. The van der Waals surface area contributed by atoms with Crippen LogP contribution in [-0.2, 0) is 30.4 Å². The van der Waals surface area contributed by atoms with Crippen LogP contribution in [-0.4, -0.2) is 87.3 Å². The zero-order chi connectivity index (χ0) is 30.7. The van der Waals surface area contributed by atoms with E-state index < -0.39 is 93.1 Å². The van der Waals surface area contributed by atoms with Crippen molar-refractivity contribution in [2.24, 2.45) is 29.4 Å². The van der Waals surface area contributed by atoms with Gasteiger partial charge in [-0.2, -0.15) is 0 Å². The molecule has 1 aromatic heterocycles. The summed E-state index contributed by atoms with van der Waals surface area (Å²) < 4.78 is 15.4. The Hall–Kier alpha value is -4.56. The number of nitrogens with one attached hydrogen (secondary N) is 2. The molecule has 1 aromatic carbocycles. The molecule has 2 unspecified atom stereocenters. The van der Waals surface area contributed by atoms with Gasteiger partial charge in [0.05, 0.1) is 35.4 Å². The minimum Gasteiger partial charge on any atom is -0.505 e. The minimum absolute atomic E-state index is 0.201. The van der Waals surface area contributed by atoms with Crippen LogP contribution in [0.15, 0.2) is 30.6 Å². The fourth-order valence-corrected chi connectivity index (χ4v) is 6.57. The number of nitrogens with two attached hydrogens (primary N) is 1. The van der Waals surface area contributed by atoms with Crippen molar-refractivity contribution in [3.63, 3.8) is 0 Å². The summed E-state index contributed by atoms with van der Waals surface area (Å²) in [6.45, 7) is -0.287. The highest BCUT2D eigenvalue weighted by atomic mass is 19.1. The van der Waals surface area contributed by atoms with E-state index in [1.165, 1.54) is 31.4 Å². The first-order valence-corrected chi connectivity index (χ1v) is 13.1. The number of carbonyl (C=O) groups is 6. The number of phenols is 1. The predicted octanol–water partition coefficient (Wildman–Crippen LogP) is -0.548. The molecule has 3 aliphatic carbocycles. The van der Waals surface area contributed by atoms with Crippen LogP contribution < -0.4 is 16.4 Å². The number of phenolic OH excluding ortho intramolecular Hbond substituents is 1. The molecule has 2 amide bonds. The molecule has 6 N–H and O–H groups in total. The number of aromatic nitrogens is 1. The van der Waals surface area contributed by atoms with Gasteiger partial charge < -0.3 is 26.6 Å². The van der Waals surface area contributed by atoms with E-state index in [-0.39, 0.29) is 24.9 Å². The molecule has 14 heteroatoms. The van der Waals surface area contributed by atoms with Crippen LogP contribution >= 0.6 is 0 Å². The molecular formula is C28H28FN5O8. The van der Waals surface area contributed by atoms with Crippen molar-refractivity contribution in [3.05, 3.63) is 47.5 Å². The van der Waals surface area contributed by atoms with Crippen molar-refractivity contribution in [3.8, 4) is 5.75 Å². The van der Waals surface area contributed by atoms with E-state index in [2.05, 4.69) is 15.6 Å². The Morgan fingerprint density at radius 1 is 1.21 bits per heavy atom. The second-order valence-corrected chi connectivity index (χ2v) is 11.0. The maximum atomic E-state index is 15.4. The maximum absolute atomic E-state index is 15.4. The maximum Gasteiger partial charge on any atom is 0.243 e. The summed E-state index contributed by atoms with van der Waals surface area (Å²) in [6, 6.07) is 2.90. The quantitative estimate of drug-likeness (QED) is 0.216. The number of hydrogen-bond acceptors (Lipinski definition) is 11. The number of anilines is 2. The van der Waals surface area contributed by atoms with Crippen molar-refractivity contribution in [2.75, 3.05) is 31.3 Å². The van der Waals surface area contributed by atoms with E-state index in [0.29, 0.717) is 5.69 Å². The molecule has 0 bridgehead atoms. The number of amides is 2. The number of nitrogens with zero attached hydrogens (tertiary/aromatic N) is 2. The molecule has 0 radical (unpaired) electrons. The number of aliphatic hydroxyl groups is 1. The van der Waals surface area contributed by atoms with Gasteiger partial charge in [0.1, 0.15) is 11.6 Å². The minimum atomic E-state index is -2.89. The average molecular weight is 582 g/mol. The van der Waals surface area contributed by atoms with Crippen molar-refractivity contribution in [1.29, 1.82) is 0 Å². The Morgan fingerprint density at radius 2 is 1.93 bits per heavy atom. The summed E-state index contributed by atoms with van der Waals surface area (Å²) >= 11 is 0. The van der Waals surface area contributed by atoms with E-state index in [9.17, 15) is 39.0 Å². The predicted molar refractivity (Wildman–Crippen MR) is 143 cm³/mol. The normalized spacial score (nSPS) is 28.5. The van der Waals surface area contributed by atoms with Crippen LogP contribution in [0.5, 0.6) is 5.75 Å². The first kappa shape index (κ1) is 29.0. The van der Waals surface area contributed by atoms with Crippen LogP contribution in [0.25, 0.3) is 0 Å². The van der Waals surface area contributed by atoms with Gasteiger partial charge in [-0.25, -0.2) is 4.39 Å². The number of Topliss-reactive ketones (excluding diaryl/α,β-unsaturated/α-hetero) is 4. The highest BCUT2D eigenvalue weighted by Crippen LogP contribution is 2.51. The van der Waals surface area contributed by atoms with Gasteiger partial charge in [0, 0.05) is 29.9 Å². The summed E-state index contributed by atoms with van der Waals surface area (Å²) in [5.41, 5.74) is 1.75. The molecule has 0 saturated heterocycles. The molecule has 5 rings (SSSR count). The number of hydrogen-bond donors (Lipinski definition) is 5. The lowest BCUT2D eigenvalue weighted by Crippen LogP contribution is -2.74. The van der Waals surface area contributed by atoms with E-state index in [1.54, 1.807) is 12.1 Å². The van der Waals surface area contributed by atoms with E-state index in [4.69, 9.17) is 5.73 Å². The molecule has 6 atom stereocenters. The van der Waals surface area contributed by atoms with Gasteiger partial charge in [0.25, 0.3) is 0 Å². The molecule has 2 saturated carbocycles. The second kappa shape index (κ2) is 10.4. The molecule has 0 aliphatic heterocycles. The van der Waals surface area contributed by atoms with E-state index in [0.717, 1.165) is 6.07 Å². The van der Waals surface area contributed by atoms with Gasteiger partial charge >= 0.3 is 0 Å². The number of aromatic hydroxyl groups is 1. The summed E-state index contributed by atoms with van der Waals surface area (Å²) in [4.78, 5) is 83.8. The number of fused-ring (bicyclic) bond motifs is 3. The van der Waals surface area contributed by atoms with Crippen LogP contribution in [0.3, 0.4) is 0 Å². The monoisotopic (exact) mass is 581 g/mol. The van der Waals surface area contributed by atoms with Crippen molar-refractivity contribution in [1.82, 2.24) is 9.88 Å². The number of benzene rings is 1. The first-order chi connectivity index (χ1) is 19.8. The van der Waals surface area contributed by atoms with Crippen LogP contribution in [0.2, 0.25) is 0 Å². The van der Waals surface area contributed by atoms with Gasteiger partial charge in [-0.05, 0) is 45.0 Å². The Morgan fingerprint density at radius 3 is 2.55 bits per heavy atom. The van der Waals surface area contributed by atoms with Gasteiger partial charge in [-0.3, -0.25) is 38.7 Å². The molecular weight excluding hydrogens is 553 g/mol. The van der Waals surface area contributed by atoms with Crippen molar-refractivity contribution >= 4 is 46.3 Å². The van der Waals surface area contributed by atoms with E-state index in [1.807, 2.05) is 0 Å². The zero-order valence-electron chi connectivity index (χ0n) is 22.6. The van der Waals surface area contributed by atoms with Crippen molar-refractivity contribution in [2.45, 2.75) is 24.5 Å². The average Bonchev–Trinajstić information content (AvgIpc) is 2.92. The molecule has 13 nitrogen and oxygen atoms in total.